The topological polar surface area (TPSA) is 46.9 Å². The Morgan fingerprint density at radius 3 is 2.79 bits per heavy atom. The lowest BCUT2D eigenvalue weighted by molar-refractivity contribution is 0.505. The normalized spacial score (nSPS) is 12.7. The smallest absolute Gasteiger partial charge is 0.293 e. The molecule has 0 aliphatic rings. The van der Waals surface area contributed by atoms with Gasteiger partial charge in [0.15, 0.2) is 5.82 Å². The zero-order valence-corrected chi connectivity index (χ0v) is 12.8. The highest BCUT2D eigenvalue weighted by atomic mass is 35.5. The summed E-state index contributed by atoms with van der Waals surface area (Å²) in [7, 11) is 0. The summed E-state index contributed by atoms with van der Waals surface area (Å²) in [4.78, 5) is 16.3. The van der Waals surface area contributed by atoms with Crippen molar-refractivity contribution in [3.05, 3.63) is 22.7 Å². The average Bonchev–Trinajstić information content (AvgIpc) is 2.37. The molecule has 0 amide bonds. The number of halogens is 1. The molecule has 1 unspecified atom stereocenters. The Bertz CT molecular complexity index is 431. The number of alkyl halides is 1. The number of hydrogen-bond donors (Lipinski definition) is 1. The van der Waals surface area contributed by atoms with Crippen LogP contribution < -0.4 is 10.9 Å². The Morgan fingerprint density at radius 1 is 1.47 bits per heavy atom. The fourth-order valence-electron chi connectivity index (χ4n) is 1.95. The van der Waals surface area contributed by atoms with Crippen molar-refractivity contribution in [1.29, 1.82) is 0 Å². The molecule has 0 radical (unpaired) electrons. The quantitative estimate of drug-likeness (QED) is 0.747. The molecule has 0 bridgehead atoms. The molecule has 1 aromatic rings. The van der Waals surface area contributed by atoms with Gasteiger partial charge < -0.3 is 9.88 Å². The average molecular weight is 286 g/mol. The summed E-state index contributed by atoms with van der Waals surface area (Å²) in [6, 6.07) is 0. The minimum atomic E-state index is -0.0445. The van der Waals surface area contributed by atoms with Crippen LogP contribution in [-0.2, 0) is 6.54 Å². The largest absolute Gasteiger partial charge is 0.365 e. The minimum Gasteiger partial charge on any atom is -0.365 e. The molecule has 5 heteroatoms. The van der Waals surface area contributed by atoms with E-state index in [2.05, 4.69) is 31.1 Å². The SMILES string of the molecule is CCC(CCCl)CNc1nccn(CC(C)C)c1=O. The molecular weight excluding hydrogens is 262 g/mol. The van der Waals surface area contributed by atoms with Crippen LogP contribution in [0.15, 0.2) is 17.2 Å². The molecular formula is C14H24ClN3O. The third-order valence-electron chi connectivity index (χ3n) is 3.13. The van der Waals surface area contributed by atoms with Gasteiger partial charge in [-0.3, -0.25) is 4.79 Å². The molecule has 0 aliphatic heterocycles. The summed E-state index contributed by atoms with van der Waals surface area (Å²) in [5, 5.41) is 3.16. The van der Waals surface area contributed by atoms with Gasteiger partial charge in [0.25, 0.3) is 5.56 Å². The summed E-state index contributed by atoms with van der Waals surface area (Å²) in [5.41, 5.74) is -0.0445. The van der Waals surface area contributed by atoms with Gasteiger partial charge >= 0.3 is 0 Å². The first-order valence-electron chi connectivity index (χ1n) is 6.93. The van der Waals surface area contributed by atoms with Crippen LogP contribution in [0, 0.1) is 11.8 Å². The second-order valence-electron chi connectivity index (χ2n) is 5.26. The van der Waals surface area contributed by atoms with E-state index in [0.717, 1.165) is 25.9 Å². The van der Waals surface area contributed by atoms with Crippen LogP contribution in [-0.4, -0.2) is 22.0 Å². The third-order valence-corrected chi connectivity index (χ3v) is 3.35. The van der Waals surface area contributed by atoms with Crippen molar-refractivity contribution in [1.82, 2.24) is 9.55 Å². The van der Waals surface area contributed by atoms with E-state index in [1.165, 1.54) is 0 Å². The van der Waals surface area contributed by atoms with Crippen molar-refractivity contribution >= 4 is 17.4 Å². The molecule has 1 aromatic heterocycles. The van der Waals surface area contributed by atoms with Crippen molar-refractivity contribution in [3.63, 3.8) is 0 Å². The summed E-state index contributed by atoms with van der Waals surface area (Å²) >= 11 is 5.76. The number of hydrogen-bond acceptors (Lipinski definition) is 3. The van der Waals surface area contributed by atoms with E-state index in [1.807, 2.05) is 0 Å². The molecule has 0 saturated heterocycles. The zero-order chi connectivity index (χ0) is 14.3. The molecule has 108 valence electrons. The molecule has 1 heterocycles. The van der Waals surface area contributed by atoms with Gasteiger partial charge in [-0.1, -0.05) is 27.2 Å². The van der Waals surface area contributed by atoms with Crippen molar-refractivity contribution in [3.8, 4) is 0 Å². The minimum absolute atomic E-state index is 0.0445. The Kier molecular flexibility index (Phi) is 6.92. The number of aromatic nitrogens is 2. The summed E-state index contributed by atoms with van der Waals surface area (Å²) in [6.45, 7) is 7.78. The van der Waals surface area contributed by atoms with Crippen LogP contribution in [0.5, 0.6) is 0 Å². The highest BCUT2D eigenvalue weighted by Crippen LogP contribution is 2.09. The molecule has 0 spiro atoms. The van der Waals surface area contributed by atoms with Gasteiger partial charge in [0.1, 0.15) is 0 Å². The molecule has 0 aliphatic carbocycles. The number of nitrogens with one attached hydrogen (secondary N) is 1. The molecule has 0 saturated carbocycles. The van der Waals surface area contributed by atoms with Crippen LogP contribution >= 0.6 is 11.6 Å². The van der Waals surface area contributed by atoms with Gasteiger partial charge in [-0.15, -0.1) is 11.6 Å². The number of anilines is 1. The Hall–Kier alpha value is -1.03. The lowest BCUT2D eigenvalue weighted by Crippen LogP contribution is -2.27. The monoisotopic (exact) mass is 285 g/mol. The van der Waals surface area contributed by atoms with E-state index in [9.17, 15) is 4.79 Å². The summed E-state index contributed by atoms with van der Waals surface area (Å²) in [6.07, 6.45) is 5.42. The van der Waals surface area contributed by atoms with Crippen LogP contribution in [0.1, 0.15) is 33.6 Å². The molecule has 4 nitrogen and oxygen atoms in total. The predicted molar refractivity (Wildman–Crippen MR) is 80.9 cm³/mol. The van der Waals surface area contributed by atoms with Crippen LogP contribution in [0.25, 0.3) is 0 Å². The lowest BCUT2D eigenvalue weighted by atomic mass is 10.0. The molecule has 1 rings (SSSR count). The first kappa shape index (κ1) is 16.0. The molecule has 19 heavy (non-hydrogen) atoms. The van der Waals surface area contributed by atoms with E-state index in [0.29, 0.717) is 23.5 Å². The van der Waals surface area contributed by atoms with Crippen molar-refractivity contribution in [2.75, 3.05) is 17.7 Å². The van der Waals surface area contributed by atoms with Crippen LogP contribution in [0.3, 0.4) is 0 Å². The van der Waals surface area contributed by atoms with E-state index in [-0.39, 0.29) is 5.56 Å². The number of rotatable bonds is 8. The third kappa shape index (κ3) is 5.23. The second kappa shape index (κ2) is 8.20. The highest BCUT2D eigenvalue weighted by molar-refractivity contribution is 6.17. The van der Waals surface area contributed by atoms with Crippen molar-refractivity contribution in [2.24, 2.45) is 11.8 Å². The van der Waals surface area contributed by atoms with Gasteiger partial charge in [0, 0.05) is 31.4 Å². The molecule has 1 N–H and O–H groups in total. The van der Waals surface area contributed by atoms with Crippen molar-refractivity contribution in [2.45, 2.75) is 40.2 Å². The summed E-state index contributed by atoms with van der Waals surface area (Å²) in [5.74, 6) is 2.02. The predicted octanol–water partition coefficient (Wildman–Crippen LogP) is 2.97. The van der Waals surface area contributed by atoms with Crippen LogP contribution in [0.4, 0.5) is 5.82 Å². The number of nitrogens with zero attached hydrogens (tertiary/aromatic N) is 2. The first-order valence-corrected chi connectivity index (χ1v) is 7.47. The van der Waals surface area contributed by atoms with Gasteiger partial charge in [0.05, 0.1) is 0 Å². The maximum Gasteiger partial charge on any atom is 0.293 e. The Morgan fingerprint density at radius 2 is 2.21 bits per heavy atom. The fraction of sp³-hybridized carbons (Fsp3) is 0.714. The Labute approximate surface area is 120 Å². The van der Waals surface area contributed by atoms with Gasteiger partial charge in [-0.25, -0.2) is 4.98 Å². The van der Waals surface area contributed by atoms with Gasteiger partial charge in [0.2, 0.25) is 0 Å². The van der Waals surface area contributed by atoms with E-state index in [1.54, 1.807) is 17.0 Å². The van der Waals surface area contributed by atoms with E-state index < -0.39 is 0 Å². The maximum absolute atomic E-state index is 12.2. The standard InChI is InChI=1S/C14H24ClN3O/c1-4-12(5-6-15)9-17-13-14(19)18(8-7-16-13)10-11(2)3/h7-8,11-12H,4-6,9-10H2,1-3H3,(H,16,17). The summed E-state index contributed by atoms with van der Waals surface area (Å²) < 4.78 is 1.71. The molecule has 1 atom stereocenters. The van der Waals surface area contributed by atoms with E-state index in [4.69, 9.17) is 11.6 Å². The Balaban J connectivity index is 2.71. The maximum atomic E-state index is 12.2. The van der Waals surface area contributed by atoms with Gasteiger partial charge in [-0.2, -0.15) is 0 Å². The van der Waals surface area contributed by atoms with Crippen molar-refractivity contribution < 1.29 is 0 Å². The first-order chi connectivity index (χ1) is 9.08. The van der Waals surface area contributed by atoms with Gasteiger partial charge in [-0.05, 0) is 18.3 Å². The van der Waals surface area contributed by atoms with E-state index >= 15 is 0 Å². The second-order valence-corrected chi connectivity index (χ2v) is 5.64. The zero-order valence-electron chi connectivity index (χ0n) is 12.0. The molecule has 0 aromatic carbocycles. The fourth-order valence-corrected chi connectivity index (χ4v) is 2.26. The lowest BCUT2D eigenvalue weighted by Gasteiger charge is -2.15. The highest BCUT2D eigenvalue weighted by Gasteiger charge is 2.09. The molecule has 0 fully saturated rings. The van der Waals surface area contributed by atoms with Crippen LogP contribution in [0.2, 0.25) is 0 Å².